The Bertz CT molecular complexity index is 91.2. The second-order valence-corrected chi connectivity index (χ2v) is 1.21. The van der Waals surface area contributed by atoms with Gasteiger partial charge in [0, 0.05) is 6.42 Å². The van der Waals surface area contributed by atoms with Gasteiger partial charge in [-0.2, -0.15) is 0 Å². The fraction of sp³-hybridized carbons (Fsp3) is 0.500. The van der Waals surface area contributed by atoms with E-state index < -0.39 is 0 Å². The number of carbonyl (C=O) groups is 1. The van der Waals surface area contributed by atoms with Crippen LogP contribution in [0.4, 0.5) is 0 Å². The van der Waals surface area contributed by atoms with Crippen LogP contribution in [0.3, 0.4) is 0 Å². The highest BCUT2D eigenvalue weighted by molar-refractivity contribution is 5.49. The highest BCUT2D eigenvalue weighted by atomic mass is 16.5. The van der Waals surface area contributed by atoms with E-state index in [1.807, 2.05) is 0 Å². The van der Waals surface area contributed by atoms with Gasteiger partial charge < -0.3 is 9.53 Å². The SMILES string of the molecule is C#CCOCCC=O. The Hall–Kier alpha value is -0.810. The number of aldehydes is 1. The summed E-state index contributed by atoms with van der Waals surface area (Å²) in [6.45, 7) is 0.738. The molecule has 0 radical (unpaired) electrons. The maximum absolute atomic E-state index is 9.64. The molecule has 2 nitrogen and oxygen atoms in total. The van der Waals surface area contributed by atoms with Crippen molar-refractivity contribution in [1.82, 2.24) is 0 Å². The van der Waals surface area contributed by atoms with Crippen molar-refractivity contribution in [2.45, 2.75) is 6.42 Å². The Balaban J connectivity index is 2.74. The maximum Gasteiger partial charge on any atom is 0.122 e. The molecule has 0 atom stereocenters. The minimum atomic E-state index is 0.299. The standard InChI is InChI=1S/C6H8O2/c1-2-5-8-6-3-4-7/h1,4H,3,5-6H2. The van der Waals surface area contributed by atoms with E-state index in [0.29, 0.717) is 19.6 Å². The molecule has 2 heteroatoms. The Morgan fingerprint density at radius 2 is 2.50 bits per heavy atom. The first-order valence-corrected chi connectivity index (χ1v) is 2.36. The van der Waals surface area contributed by atoms with Gasteiger partial charge in [-0.05, 0) is 0 Å². The number of rotatable bonds is 4. The lowest BCUT2D eigenvalue weighted by molar-refractivity contribution is -0.108. The highest BCUT2D eigenvalue weighted by Gasteiger charge is 1.80. The van der Waals surface area contributed by atoms with Gasteiger partial charge in [-0.25, -0.2) is 0 Å². The van der Waals surface area contributed by atoms with Crippen LogP contribution in [0.5, 0.6) is 0 Å². The van der Waals surface area contributed by atoms with Gasteiger partial charge in [0.1, 0.15) is 12.9 Å². The van der Waals surface area contributed by atoms with Crippen molar-refractivity contribution in [3.63, 3.8) is 0 Å². The summed E-state index contributed by atoms with van der Waals surface area (Å²) in [5, 5.41) is 0. The lowest BCUT2D eigenvalue weighted by atomic mass is 10.5. The molecule has 0 amide bonds. The van der Waals surface area contributed by atoms with Gasteiger partial charge in [0.15, 0.2) is 0 Å². The zero-order valence-electron chi connectivity index (χ0n) is 4.59. The predicted molar refractivity (Wildman–Crippen MR) is 30.3 cm³/mol. The molecule has 0 unspecified atom stereocenters. The molecule has 0 aliphatic carbocycles. The lowest BCUT2D eigenvalue weighted by Crippen LogP contribution is -1.93. The lowest BCUT2D eigenvalue weighted by Gasteiger charge is -1.90. The molecule has 0 aromatic rings. The summed E-state index contributed by atoms with van der Waals surface area (Å²) in [4.78, 5) is 9.64. The summed E-state index contributed by atoms with van der Waals surface area (Å²) in [6.07, 6.45) is 6.08. The molecular weight excluding hydrogens is 104 g/mol. The van der Waals surface area contributed by atoms with E-state index >= 15 is 0 Å². The molecule has 0 bridgehead atoms. The number of carbonyl (C=O) groups excluding carboxylic acids is 1. The summed E-state index contributed by atoms with van der Waals surface area (Å²) in [5.41, 5.74) is 0. The monoisotopic (exact) mass is 112 g/mol. The Morgan fingerprint density at radius 1 is 1.75 bits per heavy atom. The maximum atomic E-state index is 9.64. The van der Waals surface area contributed by atoms with Crippen LogP contribution in [0.15, 0.2) is 0 Å². The quantitative estimate of drug-likeness (QED) is 0.295. The number of ether oxygens (including phenoxy) is 1. The smallest absolute Gasteiger partial charge is 0.122 e. The van der Waals surface area contributed by atoms with Crippen molar-refractivity contribution in [2.24, 2.45) is 0 Å². The molecule has 0 fully saturated rings. The Morgan fingerprint density at radius 3 is 3.00 bits per heavy atom. The van der Waals surface area contributed by atoms with E-state index in [2.05, 4.69) is 5.92 Å². The summed E-state index contributed by atoms with van der Waals surface area (Å²) >= 11 is 0. The minimum absolute atomic E-state index is 0.299. The third-order valence-electron chi connectivity index (χ3n) is 0.565. The molecule has 8 heavy (non-hydrogen) atoms. The summed E-state index contributed by atoms with van der Waals surface area (Å²) in [6, 6.07) is 0. The fourth-order valence-electron chi connectivity index (χ4n) is 0.263. The Kier molecular flexibility index (Phi) is 5.56. The van der Waals surface area contributed by atoms with Crippen molar-refractivity contribution in [2.75, 3.05) is 13.2 Å². The Labute approximate surface area is 48.8 Å². The predicted octanol–water partition coefficient (Wildman–Crippen LogP) is 0.225. The number of terminal acetylenes is 1. The molecule has 0 aromatic heterocycles. The van der Waals surface area contributed by atoms with Crippen molar-refractivity contribution >= 4 is 6.29 Å². The van der Waals surface area contributed by atoms with E-state index in [1.54, 1.807) is 0 Å². The molecule has 0 saturated carbocycles. The van der Waals surface area contributed by atoms with Crippen LogP contribution < -0.4 is 0 Å². The molecule has 0 aliphatic heterocycles. The average molecular weight is 112 g/mol. The zero-order chi connectivity index (χ0) is 6.24. The fourth-order valence-corrected chi connectivity index (χ4v) is 0.263. The van der Waals surface area contributed by atoms with Gasteiger partial charge in [-0.1, -0.05) is 5.92 Å². The molecular formula is C6H8O2. The van der Waals surface area contributed by atoms with E-state index in [9.17, 15) is 4.79 Å². The number of hydrogen-bond acceptors (Lipinski definition) is 2. The van der Waals surface area contributed by atoms with Gasteiger partial charge in [0.05, 0.1) is 6.61 Å². The van der Waals surface area contributed by atoms with Crippen LogP contribution >= 0.6 is 0 Å². The first kappa shape index (κ1) is 7.19. The third-order valence-corrected chi connectivity index (χ3v) is 0.565. The first-order valence-electron chi connectivity index (χ1n) is 2.36. The van der Waals surface area contributed by atoms with Gasteiger partial charge >= 0.3 is 0 Å². The van der Waals surface area contributed by atoms with Crippen LogP contribution in [-0.2, 0) is 9.53 Å². The van der Waals surface area contributed by atoms with Gasteiger partial charge in [0.25, 0.3) is 0 Å². The van der Waals surface area contributed by atoms with E-state index in [-0.39, 0.29) is 0 Å². The van der Waals surface area contributed by atoms with Crippen molar-refractivity contribution in [3.8, 4) is 12.3 Å². The highest BCUT2D eigenvalue weighted by Crippen LogP contribution is 1.74. The van der Waals surface area contributed by atoms with Crippen molar-refractivity contribution < 1.29 is 9.53 Å². The molecule has 0 spiro atoms. The molecule has 0 N–H and O–H groups in total. The van der Waals surface area contributed by atoms with E-state index in [0.717, 1.165) is 6.29 Å². The molecule has 0 rings (SSSR count). The van der Waals surface area contributed by atoms with Crippen molar-refractivity contribution in [3.05, 3.63) is 0 Å². The topological polar surface area (TPSA) is 26.3 Å². The average Bonchev–Trinajstić information content (AvgIpc) is 1.81. The van der Waals surface area contributed by atoms with E-state index in [1.165, 1.54) is 0 Å². The van der Waals surface area contributed by atoms with Crippen LogP contribution in [0.25, 0.3) is 0 Å². The second-order valence-electron chi connectivity index (χ2n) is 1.21. The minimum Gasteiger partial charge on any atom is -0.368 e. The largest absolute Gasteiger partial charge is 0.368 e. The van der Waals surface area contributed by atoms with Crippen LogP contribution in [0.2, 0.25) is 0 Å². The van der Waals surface area contributed by atoms with Crippen LogP contribution in [0, 0.1) is 12.3 Å². The molecule has 0 saturated heterocycles. The van der Waals surface area contributed by atoms with Gasteiger partial charge in [0.2, 0.25) is 0 Å². The zero-order valence-corrected chi connectivity index (χ0v) is 4.59. The van der Waals surface area contributed by atoms with Crippen molar-refractivity contribution in [1.29, 1.82) is 0 Å². The molecule has 0 aliphatic rings. The van der Waals surface area contributed by atoms with Gasteiger partial charge in [-0.15, -0.1) is 6.42 Å². The second kappa shape index (κ2) is 6.19. The summed E-state index contributed by atoms with van der Waals surface area (Å²) in [7, 11) is 0. The molecule has 44 valence electrons. The third kappa shape index (κ3) is 5.19. The normalized spacial score (nSPS) is 7.88. The van der Waals surface area contributed by atoms with E-state index in [4.69, 9.17) is 11.2 Å². The molecule has 0 aromatic carbocycles. The van der Waals surface area contributed by atoms with Gasteiger partial charge in [-0.3, -0.25) is 0 Å². The van der Waals surface area contributed by atoms with Crippen LogP contribution in [-0.4, -0.2) is 19.5 Å². The van der Waals surface area contributed by atoms with Crippen LogP contribution in [0.1, 0.15) is 6.42 Å². The molecule has 0 heterocycles. The summed E-state index contributed by atoms with van der Waals surface area (Å²) < 4.78 is 4.76. The number of hydrogen-bond donors (Lipinski definition) is 0. The first-order chi connectivity index (χ1) is 3.91. The summed E-state index contributed by atoms with van der Waals surface area (Å²) in [5.74, 6) is 2.29.